The molecule has 0 unspecified atom stereocenters. The molecule has 2 saturated carbocycles. The van der Waals surface area contributed by atoms with Gasteiger partial charge in [0.2, 0.25) is 0 Å². The molecular weight excluding hydrogens is 344 g/mol. The van der Waals surface area contributed by atoms with E-state index in [-0.39, 0.29) is 11.2 Å². The van der Waals surface area contributed by atoms with Gasteiger partial charge in [-0.3, -0.25) is 0 Å². The summed E-state index contributed by atoms with van der Waals surface area (Å²) in [6.07, 6.45) is 7.29. The Bertz CT molecular complexity index is 715. The molecule has 5 rings (SSSR count). The molecule has 2 aliphatic carbocycles. The van der Waals surface area contributed by atoms with Crippen LogP contribution in [0.2, 0.25) is 0 Å². The SMILES string of the molecule is CC(C)[C@@]12CC[C@H](C)[C@H](C1)c1cc3c(cc1O2)[C@@H]1C[C@@](C(C)C)(CC[C@H]1C)O3. The highest BCUT2D eigenvalue weighted by atomic mass is 16.5. The first-order chi connectivity index (χ1) is 13.2. The number of hydrogen-bond donors (Lipinski definition) is 0. The molecule has 2 nitrogen and oxygen atoms in total. The summed E-state index contributed by atoms with van der Waals surface area (Å²) in [5, 5.41) is 0. The predicted octanol–water partition coefficient (Wildman–Crippen LogP) is 7.07. The van der Waals surface area contributed by atoms with Gasteiger partial charge in [-0.2, -0.15) is 0 Å². The van der Waals surface area contributed by atoms with E-state index in [9.17, 15) is 0 Å². The molecule has 0 radical (unpaired) electrons. The van der Waals surface area contributed by atoms with Crippen molar-refractivity contribution < 1.29 is 9.47 Å². The molecule has 28 heavy (non-hydrogen) atoms. The molecule has 2 fully saturated rings. The highest BCUT2D eigenvalue weighted by Gasteiger charge is 2.51. The standard InChI is InChI=1S/C26H38O2/c1-15(2)25-9-7-17(5)21(13-25)19-12-24-20(11-23(19)27-25)22-14-26(28-24,16(3)4)10-8-18(22)6/h11-12,15-18,21-22H,7-10,13-14H2,1-6H3/t17-,18+,21-,22+,25-,26-/m1/s1. The van der Waals surface area contributed by atoms with Crippen molar-refractivity contribution in [2.24, 2.45) is 23.7 Å². The van der Waals surface area contributed by atoms with E-state index in [1.54, 1.807) is 0 Å². The lowest BCUT2D eigenvalue weighted by Gasteiger charge is -2.53. The summed E-state index contributed by atoms with van der Waals surface area (Å²) in [7, 11) is 0. The lowest BCUT2D eigenvalue weighted by molar-refractivity contribution is -0.0546. The zero-order valence-corrected chi connectivity index (χ0v) is 18.7. The van der Waals surface area contributed by atoms with Crippen molar-refractivity contribution in [1.29, 1.82) is 0 Å². The quantitative estimate of drug-likeness (QED) is 0.544. The van der Waals surface area contributed by atoms with Crippen LogP contribution >= 0.6 is 0 Å². The minimum atomic E-state index is 0.0355. The van der Waals surface area contributed by atoms with Crippen LogP contribution in [0.25, 0.3) is 0 Å². The summed E-state index contributed by atoms with van der Waals surface area (Å²) in [4.78, 5) is 0. The van der Waals surface area contributed by atoms with Gasteiger partial charge in [-0.15, -0.1) is 0 Å². The van der Waals surface area contributed by atoms with Crippen LogP contribution in [0, 0.1) is 23.7 Å². The Hall–Kier alpha value is -1.18. The molecule has 154 valence electrons. The number of fused-ring (bicyclic) bond motifs is 8. The Morgan fingerprint density at radius 2 is 1.14 bits per heavy atom. The third-order valence-corrected chi connectivity index (χ3v) is 9.22. The average Bonchev–Trinajstić information content (AvgIpc) is 2.66. The number of rotatable bonds is 2. The Labute approximate surface area is 171 Å². The van der Waals surface area contributed by atoms with E-state index in [1.165, 1.54) is 61.2 Å². The first kappa shape index (κ1) is 18.8. The lowest BCUT2D eigenvalue weighted by Crippen LogP contribution is -2.51. The van der Waals surface area contributed by atoms with E-state index in [4.69, 9.17) is 9.47 Å². The number of ether oxygens (including phenoxy) is 2. The number of hydrogen-bond acceptors (Lipinski definition) is 2. The molecule has 0 spiro atoms. The van der Waals surface area contributed by atoms with Crippen molar-refractivity contribution in [3.8, 4) is 11.5 Å². The topological polar surface area (TPSA) is 18.5 Å². The molecular formula is C26H38O2. The molecule has 6 atom stereocenters. The lowest BCUT2D eigenvalue weighted by atomic mass is 9.62. The average molecular weight is 383 g/mol. The van der Waals surface area contributed by atoms with Crippen LogP contribution in [0.15, 0.2) is 12.1 Å². The minimum absolute atomic E-state index is 0.0355. The second-order valence-corrected chi connectivity index (χ2v) is 11.2. The molecule has 2 aliphatic heterocycles. The number of benzene rings is 1. The molecule has 4 aliphatic rings. The predicted molar refractivity (Wildman–Crippen MR) is 114 cm³/mol. The molecule has 4 bridgehead atoms. The maximum Gasteiger partial charge on any atom is 0.124 e. The van der Waals surface area contributed by atoms with E-state index < -0.39 is 0 Å². The summed E-state index contributed by atoms with van der Waals surface area (Å²) in [6, 6.07) is 4.81. The molecule has 0 N–H and O–H groups in total. The molecule has 2 heterocycles. The fraction of sp³-hybridized carbons (Fsp3) is 0.769. The van der Waals surface area contributed by atoms with Gasteiger partial charge in [-0.25, -0.2) is 0 Å². The van der Waals surface area contributed by atoms with Crippen LogP contribution in [0.4, 0.5) is 0 Å². The molecule has 0 saturated heterocycles. The van der Waals surface area contributed by atoms with Crippen LogP contribution in [-0.2, 0) is 0 Å². The second-order valence-electron chi connectivity index (χ2n) is 11.2. The van der Waals surface area contributed by atoms with Crippen LogP contribution in [0.1, 0.15) is 103 Å². The third kappa shape index (κ3) is 2.52. The third-order valence-electron chi connectivity index (χ3n) is 9.22. The fourth-order valence-corrected chi connectivity index (χ4v) is 6.79. The summed E-state index contributed by atoms with van der Waals surface area (Å²) in [5.41, 5.74) is 2.92. The van der Waals surface area contributed by atoms with Gasteiger partial charge >= 0.3 is 0 Å². The van der Waals surface area contributed by atoms with Crippen molar-refractivity contribution in [2.45, 2.75) is 103 Å². The van der Waals surface area contributed by atoms with Gasteiger partial charge in [0.1, 0.15) is 22.7 Å². The first-order valence-corrected chi connectivity index (χ1v) is 11.8. The maximum atomic E-state index is 6.86. The van der Waals surface area contributed by atoms with Gasteiger partial charge in [-0.05, 0) is 86.2 Å². The van der Waals surface area contributed by atoms with Crippen molar-refractivity contribution in [3.05, 3.63) is 23.3 Å². The fourth-order valence-electron chi connectivity index (χ4n) is 6.79. The molecule has 0 aromatic heterocycles. The summed E-state index contributed by atoms with van der Waals surface area (Å²) >= 11 is 0. The second kappa shape index (κ2) is 6.16. The monoisotopic (exact) mass is 382 g/mol. The van der Waals surface area contributed by atoms with Crippen molar-refractivity contribution in [3.63, 3.8) is 0 Å². The molecule has 2 heteroatoms. The smallest absolute Gasteiger partial charge is 0.124 e. The normalized spacial score (nSPS) is 41.1. The van der Waals surface area contributed by atoms with Gasteiger partial charge in [-0.1, -0.05) is 41.5 Å². The van der Waals surface area contributed by atoms with Crippen LogP contribution < -0.4 is 9.47 Å². The van der Waals surface area contributed by atoms with E-state index in [0.29, 0.717) is 23.7 Å². The van der Waals surface area contributed by atoms with E-state index in [1.807, 2.05) is 0 Å². The van der Waals surface area contributed by atoms with Crippen LogP contribution in [-0.4, -0.2) is 11.2 Å². The van der Waals surface area contributed by atoms with Gasteiger partial charge in [0.05, 0.1) is 0 Å². The van der Waals surface area contributed by atoms with Gasteiger partial charge in [0.25, 0.3) is 0 Å². The van der Waals surface area contributed by atoms with E-state index in [2.05, 4.69) is 53.7 Å². The maximum absolute atomic E-state index is 6.86. The van der Waals surface area contributed by atoms with Gasteiger partial charge in [0, 0.05) is 11.1 Å². The summed E-state index contributed by atoms with van der Waals surface area (Å²) in [6.45, 7) is 14.3. The van der Waals surface area contributed by atoms with Crippen molar-refractivity contribution in [1.82, 2.24) is 0 Å². The van der Waals surface area contributed by atoms with Gasteiger partial charge < -0.3 is 9.47 Å². The van der Waals surface area contributed by atoms with Crippen LogP contribution in [0.3, 0.4) is 0 Å². The molecule has 1 aromatic rings. The van der Waals surface area contributed by atoms with Crippen LogP contribution in [0.5, 0.6) is 11.5 Å². The summed E-state index contributed by atoms with van der Waals surface area (Å²) < 4.78 is 13.7. The van der Waals surface area contributed by atoms with Crippen molar-refractivity contribution in [2.75, 3.05) is 0 Å². The highest BCUT2D eigenvalue weighted by Crippen LogP contribution is 2.59. The van der Waals surface area contributed by atoms with E-state index >= 15 is 0 Å². The largest absolute Gasteiger partial charge is 0.487 e. The van der Waals surface area contributed by atoms with Gasteiger partial charge in [0.15, 0.2) is 0 Å². The Morgan fingerprint density at radius 1 is 0.750 bits per heavy atom. The first-order valence-electron chi connectivity index (χ1n) is 11.8. The highest BCUT2D eigenvalue weighted by molar-refractivity contribution is 5.53. The zero-order chi connectivity index (χ0) is 19.8. The van der Waals surface area contributed by atoms with Crippen molar-refractivity contribution >= 4 is 0 Å². The Balaban J connectivity index is 1.63. The molecule has 0 amide bonds. The zero-order valence-electron chi connectivity index (χ0n) is 18.7. The molecule has 1 aromatic carbocycles. The summed E-state index contributed by atoms with van der Waals surface area (Å²) in [5.74, 6) is 6.16. The minimum Gasteiger partial charge on any atom is -0.487 e. The Kier molecular flexibility index (Phi) is 4.14. The van der Waals surface area contributed by atoms with E-state index in [0.717, 1.165) is 11.8 Å². The Morgan fingerprint density at radius 3 is 1.50 bits per heavy atom.